The van der Waals surface area contributed by atoms with Gasteiger partial charge < -0.3 is 0 Å². The Morgan fingerprint density at radius 2 is 1.59 bits per heavy atom. The van der Waals surface area contributed by atoms with Crippen LogP contribution in [-0.2, 0) is 11.3 Å². The minimum absolute atomic E-state index is 0.366. The Labute approximate surface area is 174 Å². The van der Waals surface area contributed by atoms with Crippen LogP contribution in [0.1, 0.15) is 85.8 Å². The van der Waals surface area contributed by atoms with Crippen molar-refractivity contribution in [3.05, 3.63) is 11.1 Å². The molecule has 0 spiro atoms. The normalized spacial score (nSPS) is 12.2. The first kappa shape index (κ1) is 24.7. The maximum absolute atomic E-state index is 11.9. The van der Waals surface area contributed by atoms with E-state index in [2.05, 4.69) is 31.5 Å². The van der Waals surface area contributed by atoms with E-state index in [4.69, 9.17) is 9.72 Å². The van der Waals surface area contributed by atoms with Crippen molar-refractivity contribution in [2.45, 2.75) is 106 Å². The minimum atomic E-state index is -2.44. The van der Waals surface area contributed by atoms with E-state index in [1.807, 2.05) is 32.1 Å². The van der Waals surface area contributed by atoms with Crippen LogP contribution in [0.4, 0.5) is 4.79 Å². The molecule has 0 aromatic carbocycles. The Kier molecular flexibility index (Phi) is 11.3. The summed E-state index contributed by atoms with van der Waals surface area (Å²) in [6.07, 6.45) is 7.48. The Hall–Kier alpha value is -0.301. The van der Waals surface area contributed by atoms with E-state index in [1.165, 1.54) is 54.9 Å². The van der Waals surface area contributed by atoms with Gasteiger partial charge in [-0.1, -0.05) is 0 Å². The maximum atomic E-state index is 11.9. The second kappa shape index (κ2) is 12.3. The number of carbonyl (C=O) groups excluding carboxylic acids is 1. The van der Waals surface area contributed by atoms with Gasteiger partial charge in [-0.3, -0.25) is 0 Å². The third kappa shape index (κ3) is 9.16. The zero-order chi connectivity index (χ0) is 20.3. The number of nitrogens with zero attached hydrogens (tertiary/aromatic N) is 1. The molecule has 0 aliphatic heterocycles. The summed E-state index contributed by atoms with van der Waals surface area (Å²) in [5.74, 6) is 0. The molecule has 0 saturated heterocycles. The van der Waals surface area contributed by atoms with Crippen LogP contribution < -0.4 is 8.34 Å². The fourth-order valence-electron chi connectivity index (χ4n) is 3.35. The van der Waals surface area contributed by atoms with Gasteiger partial charge in [0.25, 0.3) is 0 Å². The van der Waals surface area contributed by atoms with Gasteiger partial charge in [0.1, 0.15) is 0 Å². The fraction of sp³-hybridized carbons (Fsp3) is 0.810. The molecule has 27 heavy (non-hydrogen) atoms. The number of hydrogen-bond acceptors (Lipinski definition) is 4. The van der Waals surface area contributed by atoms with Gasteiger partial charge in [0, 0.05) is 0 Å². The second-order valence-corrected chi connectivity index (χ2v) is 23.4. The van der Waals surface area contributed by atoms with Crippen LogP contribution in [0.25, 0.3) is 0 Å². The Balaban J connectivity index is 2.88. The van der Waals surface area contributed by atoms with E-state index in [9.17, 15) is 4.79 Å². The topological polar surface area (TPSA) is 51.2 Å². The molecule has 4 nitrogen and oxygen atoms in total. The number of carbonyl (C=O) groups is 1. The van der Waals surface area contributed by atoms with Crippen LogP contribution in [0, 0.1) is 0 Å². The molecule has 1 aromatic rings. The predicted molar refractivity (Wildman–Crippen MR) is 120 cm³/mol. The monoisotopic (exact) mass is 504 g/mol. The number of rotatable bonds is 12. The third-order valence-corrected chi connectivity index (χ3v) is 23.6. The van der Waals surface area contributed by atoms with Gasteiger partial charge in [0.2, 0.25) is 0 Å². The molecule has 0 fully saturated rings. The SMILES string of the molecule is CCC[CH2][Sn]([CH2]CCC)([CH2]CCC)[c]1nc(CNC(=O)OC(C)(C)C)cs1. The molecule has 0 atom stereocenters. The summed E-state index contributed by atoms with van der Waals surface area (Å²) in [6.45, 7) is 13.0. The molecule has 6 heteroatoms. The Bertz CT molecular complexity index is 533. The van der Waals surface area contributed by atoms with Crippen LogP contribution in [0.2, 0.25) is 13.3 Å². The average Bonchev–Trinajstić information content (AvgIpc) is 3.08. The predicted octanol–water partition coefficient (Wildman–Crippen LogP) is 6.22. The van der Waals surface area contributed by atoms with Crippen LogP contribution in [0.5, 0.6) is 0 Å². The number of thiazole rings is 1. The summed E-state index contributed by atoms with van der Waals surface area (Å²) >= 11 is -0.578. The summed E-state index contributed by atoms with van der Waals surface area (Å²) < 4.78 is 11.1. The summed E-state index contributed by atoms with van der Waals surface area (Å²) in [5, 5.41) is 5.01. The van der Waals surface area contributed by atoms with E-state index >= 15 is 0 Å². The molecule has 1 heterocycles. The van der Waals surface area contributed by atoms with Gasteiger partial charge in [-0.15, -0.1) is 0 Å². The van der Waals surface area contributed by atoms with Gasteiger partial charge >= 0.3 is 175 Å². The second-order valence-electron chi connectivity index (χ2n) is 8.59. The number of ether oxygens (including phenoxy) is 1. The van der Waals surface area contributed by atoms with Gasteiger partial charge in [-0.25, -0.2) is 0 Å². The van der Waals surface area contributed by atoms with Crippen molar-refractivity contribution >= 4 is 38.8 Å². The third-order valence-electron chi connectivity index (χ3n) is 4.84. The molecule has 1 aromatic heterocycles. The zero-order valence-corrected chi connectivity index (χ0v) is 22.0. The van der Waals surface area contributed by atoms with E-state index in [0.29, 0.717) is 6.54 Å². The van der Waals surface area contributed by atoms with Gasteiger partial charge in [0.05, 0.1) is 0 Å². The van der Waals surface area contributed by atoms with Crippen molar-refractivity contribution in [3.63, 3.8) is 0 Å². The Morgan fingerprint density at radius 1 is 1.07 bits per heavy atom. The van der Waals surface area contributed by atoms with Crippen LogP contribution in [-0.4, -0.2) is 35.1 Å². The Morgan fingerprint density at radius 3 is 2.04 bits per heavy atom. The molecule has 0 saturated carbocycles. The first-order chi connectivity index (χ1) is 12.8. The van der Waals surface area contributed by atoms with Crippen molar-refractivity contribution in [3.8, 4) is 0 Å². The van der Waals surface area contributed by atoms with Gasteiger partial charge in [-0.2, -0.15) is 0 Å². The quantitative estimate of drug-likeness (QED) is 0.345. The molecule has 0 unspecified atom stereocenters. The van der Waals surface area contributed by atoms with Crippen molar-refractivity contribution in [1.82, 2.24) is 10.3 Å². The molecule has 0 aliphatic carbocycles. The molecule has 0 radical (unpaired) electrons. The summed E-state index contributed by atoms with van der Waals surface area (Å²) in [7, 11) is 0. The molecule has 0 bridgehead atoms. The van der Waals surface area contributed by atoms with E-state index in [0.717, 1.165) is 5.69 Å². The molecule has 1 amide bonds. The summed E-state index contributed by atoms with van der Waals surface area (Å²) in [6, 6.07) is 0. The standard InChI is InChI=1S/C9H13N2O2S.3C4H9.Sn/c1-9(2,3)13-8(12)10-4-7-5-14-6-11-7;3*1-3-4-2;/h5H,4H2,1-3H3,(H,10,12);3*1,3-4H2,2H3;. The number of hydrogen-bond donors (Lipinski definition) is 1. The number of aromatic nitrogens is 1. The molecule has 1 N–H and O–H groups in total. The first-order valence-electron chi connectivity index (χ1n) is 10.7. The van der Waals surface area contributed by atoms with Crippen LogP contribution in [0.15, 0.2) is 5.38 Å². The molecule has 156 valence electrons. The van der Waals surface area contributed by atoms with Crippen LogP contribution in [0.3, 0.4) is 0 Å². The van der Waals surface area contributed by atoms with Gasteiger partial charge in [0.15, 0.2) is 0 Å². The average molecular weight is 503 g/mol. The summed E-state index contributed by atoms with van der Waals surface area (Å²) in [4.78, 5) is 17.0. The number of unbranched alkanes of at least 4 members (excludes halogenated alkanes) is 3. The number of alkyl carbamates (subject to hydrolysis) is 1. The molecular weight excluding hydrogens is 463 g/mol. The number of amides is 1. The van der Waals surface area contributed by atoms with Crippen LogP contribution >= 0.6 is 11.3 Å². The molecular formula is C21H40N2O2SSn. The van der Waals surface area contributed by atoms with E-state index < -0.39 is 24.0 Å². The fourth-order valence-corrected chi connectivity index (χ4v) is 22.7. The van der Waals surface area contributed by atoms with E-state index in [1.54, 1.807) is 0 Å². The first-order valence-corrected chi connectivity index (χ1v) is 19.0. The summed E-state index contributed by atoms with van der Waals surface area (Å²) in [5.41, 5.74) is 0.523. The number of nitrogens with one attached hydrogen (secondary N) is 1. The zero-order valence-electron chi connectivity index (χ0n) is 18.3. The van der Waals surface area contributed by atoms with E-state index in [-0.39, 0.29) is 6.09 Å². The van der Waals surface area contributed by atoms with Crippen molar-refractivity contribution in [2.75, 3.05) is 0 Å². The molecule has 0 aliphatic rings. The molecule has 1 rings (SSSR count). The van der Waals surface area contributed by atoms with Crippen molar-refractivity contribution < 1.29 is 9.53 Å². The van der Waals surface area contributed by atoms with Gasteiger partial charge in [-0.05, 0) is 0 Å². The van der Waals surface area contributed by atoms with Crippen molar-refractivity contribution in [2.24, 2.45) is 0 Å². The van der Waals surface area contributed by atoms with Crippen molar-refractivity contribution in [1.29, 1.82) is 0 Å².